The number of guanidine groups is 1. The van der Waals surface area contributed by atoms with Crippen molar-refractivity contribution < 1.29 is 4.79 Å². The fourth-order valence-corrected chi connectivity index (χ4v) is 3.06. The van der Waals surface area contributed by atoms with E-state index in [9.17, 15) is 4.79 Å². The summed E-state index contributed by atoms with van der Waals surface area (Å²) in [6.45, 7) is 1.97. The van der Waals surface area contributed by atoms with Crippen LogP contribution < -0.4 is 16.4 Å². The topological polar surface area (TPSA) is 104 Å². The molecule has 2 heterocycles. The first-order chi connectivity index (χ1) is 9.52. The second-order valence-electron chi connectivity index (χ2n) is 4.56. The predicted molar refractivity (Wildman–Crippen MR) is 80.2 cm³/mol. The standard InChI is InChI=1S/C13H13N5OS/c1-6-11(17-13(20-6)18-12(14)15)7-2-3-9-8(4-7)5-10(19)16-9/h2-4H,5H2,1H3,(H,16,19)(H4,14,15,17,18). The van der Waals surface area contributed by atoms with Crippen molar-refractivity contribution in [2.45, 2.75) is 13.3 Å². The van der Waals surface area contributed by atoms with Gasteiger partial charge in [0.15, 0.2) is 11.1 Å². The molecule has 0 bridgehead atoms. The first-order valence-electron chi connectivity index (χ1n) is 6.04. The Labute approximate surface area is 119 Å². The van der Waals surface area contributed by atoms with Crippen LogP contribution in [-0.4, -0.2) is 16.9 Å². The summed E-state index contributed by atoms with van der Waals surface area (Å²) in [6, 6.07) is 5.81. The van der Waals surface area contributed by atoms with Crippen LogP contribution >= 0.6 is 11.3 Å². The number of fused-ring (bicyclic) bond motifs is 1. The van der Waals surface area contributed by atoms with E-state index in [0.29, 0.717) is 11.6 Å². The van der Waals surface area contributed by atoms with E-state index in [2.05, 4.69) is 15.6 Å². The lowest BCUT2D eigenvalue weighted by Gasteiger charge is -2.02. The zero-order valence-electron chi connectivity index (χ0n) is 10.8. The number of nitrogens with one attached hydrogen (secondary N) is 3. The van der Waals surface area contributed by atoms with Gasteiger partial charge in [-0.2, -0.15) is 0 Å². The van der Waals surface area contributed by atoms with Gasteiger partial charge in [-0.1, -0.05) is 6.07 Å². The van der Waals surface area contributed by atoms with Crippen molar-refractivity contribution in [1.82, 2.24) is 4.98 Å². The largest absolute Gasteiger partial charge is 0.370 e. The smallest absolute Gasteiger partial charge is 0.228 e. The summed E-state index contributed by atoms with van der Waals surface area (Å²) in [5.74, 6) is -0.111. The second kappa shape index (κ2) is 4.61. The van der Waals surface area contributed by atoms with E-state index in [1.165, 1.54) is 11.3 Å². The van der Waals surface area contributed by atoms with Crippen LogP contribution in [0.3, 0.4) is 0 Å². The molecule has 1 aromatic heterocycles. The van der Waals surface area contributed by atoms with E-state index in [4.69, 9.17) is 11.1 Å². The van der Waals surface area contributed by atoms with Gasteiger partial charge in [0.1, 0.15) is 0 Å². The number of nitrogens with two attached hydrogens (primary N) is 1. The van der Waals surface area contributed by atoms with E-state index in [0.717, 1.165) is 27.4 Å². The molecule has 1 amide bonds. The number of carbonyl (C=O) groups excluding carboxylic acids is 1. The van der Waals surface area contributed by atoms with Crippen LogP contribution in [0.25, 0.3) is 11.3 Å². The monoisotopic (exact) mass is 287 g/mol. The van der Waals surface area contributed by atoms with E-state index in [1.54, 1.807) is 0 Å². The molecule has 3 rings (SSSR count). The normalized spacial score (nSPS) is 12.9. The minimum absolute atomic E-state index is 0.0195. The molecule has 1 aliphatic rings. The number of hydrogen-bond acceptors (Lipinski definition) is 4. The van der Waals surface area contributed by atoms with Gasteiger partial charge < -0.3 is 16.4 Å². The zero-order valence-corrected chi connectivity index (χ0v) is 11.6. The fraction of sp³-hybridized carbons (Fsp3) is 0.154. The van der Waals surface area contributed by atoms with Gasteiger partial charge in [0.2, 0.25) is 5.91 Å². The quantitative estimate of drug-likeness (QED) is 0.500. The molecule has 0 aliphatic carbocycles. The van der Waals surface area contributed by atoms with Crippen LogP contribution in [0.2, 0.25) is 0 Å². The number of aromatic nitrogens is 1. The van der Waals surface area contributed by atoms with Crippen molar-refractivity contribution in [2.24, 2.45) is 5.73 Å². The van der Waals surface area contributed by atoms with E-state index >= 15 is 0 Å². The van der Waals surface area contributed by atoms with Crippen molar-refractivity contribution in [3.63, 3.8) is 0 Å². The SMILES string of the molecule is Cc1sc(NC(=N)N)nc1-c1ccc2c(c1)CC(=O)N2. The molecular weight excluding hydrogens is 274 g/mol. The van der Waals surface area contributed by atoms with Crippen LogP contribution in [0, 0.1) is 12.3 Å². The van der Waals surface area contributed by atoms with Crippen molar-refractivity contribution in [1.29, 1.82) is 5.41 Å². The molecule has 102 valence electrons. The molecule has 6 nitrogen and oxygen atoms in total. The Balaban J connectivity index is 1.97. The number of aryl methyl sites for hydroxylation is 1. The Bertz CT molecular complexity index is 722. The second-order valence-corrected chi connectivity index (χ2v) is 5.76. The predicted octanol–water partition coefficient (Wildman–Crippen LogP) is 1.92. The van der Waals surface area contributed by atoms with E-state index in [-0.39, 0.29) is 11.9 Å². The third kappa shape index (κ3) is 2.23. The number of carbonyl (C=O) groups is 1. The Morgan fingerprint density at radius 2 is 2.35 bits per heavy atom. The van der Waals surface area contributed by atoms with Gasteiger partial charge in [-0.15, -0.1) is 11.3 Å². The minimum atomic E-state index is -0.131. The maximum absolute atomic E-state index is 11.4. The maximum Gasteiger partial charge on any atom is 0.228 e. The number of anilines is 2. The molecule has 0 radical (unpaired) electrons. The van der Waals surface area contributed by atoms with Crippen LogP contribution in [0.5, 0.6) is 0 Å². The summed E-state index contributed by atoms with van der Waals surface area (Å²) in [6.07, 6.45) is 0.408. The highest BCUT2D eigenvalue weighted by Gasteiger charge is 2.19. The molecule has 1 aliphatic heterocycles. The summed E-state index contributed by atoms with van der Waals surface area (Å²) in [5.41, 5.74) is 8.97. The van der Waals surface area contributed by atoms with Gasteiger partial charge in [0, 0.05) is 16.1 Å². The minimum Gasteiger partial charge on any atom is -0.370 e. The first-order valence-corrected chi connectivity index (χ1v) is 6.86. The van der Waals surface area contributed by atoms with Crippen molar-refractivity contribution in [2.75, 3.05) is 10.6 Å². The summed E-state index contributed by atoms with van der Waals surface area (Å²) < 4.78 is 0. The van der Waals surface area contributed by atoms with Crippen LogP contribution in [0.4, 0.5) is 10.8 Å². The van der Waals surface area contributed by atoms with Gasteiger partial charge in [0.25, 0.3) is 0 Å². The highest BCUT2D eigenvalue weighted by molar-refractivity contribution is 7.16. The molecule has 0 unspecified atom stereocenters. The maximum atomic E-state index is 11.4. The molecule has 0 spiro atoms. The Morgan fingerprint density at radius 1 is 1.55 bits per heavy atom. The van der Waals surface area contributed by atoms with Gasteiger partial charge in [-0.05, 0) is 24.6 Å². The molecule has 0 saturated heterocycles. The van der Waals surface area contributed by atoms with Gasteiger partial charge in [-0.25, -0.2) is 4.98 Å². The lowest BCUT2D eigenvalue weighted by molar-refractivity contribution is -0.115. The highest BCUT2D eigenvalue weighted by atomic mass is 32.1. The number of benzene rings is 1. The lowest BCUT2D eigenvalue weighted by Crippen LogP contribution is -2.20. The number of hydrogen-bond donors (Lipinski definition) is 4. The first kappa shape index (κ1) is 12.6. The van der Waals surface area contributed by atoms with Crippen LogP contribution in [-0.2, 0) is 11.2 Å². The summed E-state index contributed by atoms with van der Waals surface area (Å²) in [5, 5.41) is 13.3. The Hall–Kier alpha value is -2.41. The molecule has 5 N–H and O–H groups in total. The lowest BCUT2D eigenvalue weighted by atomic mass is 10.1. The van der Waals surface area contributed by atoms with Gasteiger partial charge in [-0.3, -0.25) is 10.2 Å². The van der Waals surface area contributed by atoms with Crippen LogP contribution in [0.15, 0.2) is 18.2 Å². The molecule has 0 fully saturated rings. The van der Waals surface area contributed by atoms with E-state index < -0.39 is 0 Å². The van der Waals surface area contributed by atoms with Gasteiger partial charge >= 0.3 is 0 Å². The van der Waals surface area contributed by atoms with Crippen LogP contribution in [0.1, 0.15) is 10.4 Å². The molecular formula is C13H13N5OS. The third-order valence-corrected chi connectivity index (χ3v) is 3.93. The number of nitrogens with zero attached hydrogens (tertiary/aromatic N) is 1. The third-order valence-electron chi connectivity index (χ3n) is 3.04. The fourth-order valence-electron chi connectivity index (χ4n) is 2.21. The summed E-state index contributed by atoms with van der Waals surface area (Å²) >= 11 is 1.45. The summed E-state index contributed by atoms with van der Waals surface area (Å²) in [7, 11) is 0. The molecule has 2 aromatic rings. The molecule has 7 heteroatoms. The summed E-state index contributed by atoms with van der Waals surface area (Å²) in [4.78, 5) is 16.8. The highest BCUT2D eigenvalue weighted by Crippen LogP contribution is 2.33. The number of rotatable bonds is 2. The average molecular weight is 287 g/mol. The van der Waals surface area contributed by atoms with Gasteiger partial charge in [0.05, 0.1) is 12.1 Å². The Morgan fingerprint density at radius 3 is 3.10 bits per heavy atom. The molecule has 0 saturated carbocycles. The molecule has 20 heavy (non-hydrogen) atoms. The molecule has 1 aromatic carbocycles. The van der Waals surface area contributed by atoms with Crippen molar-refractivity contribution >= 4 is 34.0 Å². The molecule has 0 atom stereocenters. The van der Waals surface area contributed by atoms with Crippen molar-refractivity contribution in [3.8, 4) is 11.3 Å². The number of amides is 1. The average Bonchev–Trinajstić information content (AvgIpc) is 2.89. The van der Waals surface area contributed by atoms with E-state index in [1.807, 2.05) is 25.1 Å². The Kier molecular flexibility index (Phi) is 2.90. The number of thiazole rings is 1. The van der Waals surface area contributed by atoms with Crippen molar-refractivity contribution in [3.05, 3.63) is 28.6 Å². The zero-order chi connectivity index (χ0) is 14.3.